The average molecular weight is 382 g/mol. The third-order valence-corrected chi connectivity index (χ3v) is 4.85. The highest BCUT2D eigenvalue weighted by Crippen LogP contribution is 2.15. The number of aliphatic imine (C=N–C) groups is 1. The number of imidazole rings is 1. The van der Waals surface area contributed by atoms with Crippen molar-refractivity contribution >= 4 is 17.0 Å². The number of aromatic nitrogens is 4. The average Bonchev–Trinajstić information content (AvgIpc) is 3.24. The van der Waals surface area contributed by atoms with Gasteiger partial charge in [-0.25, -0.2) is 4.98 Å². The lowest BCUT2D eigenvalue weighted by Crippen LogP contribution is -2.38. The lowest BCUT2D eigenvalue weighted by Gasteiger charge is -2.11. The zero-order valence-corrected chi connectivity index (χ0v) is 17.1. The van der Waals surface area contributed by atoms with Gasteiger partial charge in [-0.15, -0.1) is 0 Å². The van der Waals surface area contributed by atoms with Gasteiger partial charge in [-0.2, -0.15) is 5.10 Å². The molecule has 3 aromatic rings. The Morgan fingerprint density at radius 3 is 2.82 bits per heavy atom. The van der Waals surface area contributed by atoms with E-state index in [4.69, 9.17) is 4.99 Å². The number of hydrogen-bond acceptors (Lipinski definition) is 3. The number of fused-ring (bicyclic) bond motifs is 1. The van der Waals surface area contributed by atoms with Crippen LogP contribution in [0.3, 0.4) is 0 Å². The minimum atomic E-state index is 0.780. The molecule has 0 amide bonds. The first-order valence-electron chi connectivity index (χ1n) is 10.1. The van der Waals surface area contributed by atoms with Gasteiger partial charge in [-0.05, 0) is 57.7 Å². The third-order valence-electron chi connectivity index (χ3n) is 4.85. The Kier molecular flexibility index (Phi) is 7.06. The van der Waals surface area contributed by atoms with E-state index < -0.39 is 0 Å². The van der Waals surface area contributed by atoms with Crippen LogP contribution in [0.25, 0.3) is 11.0 Å². The normalized spacial score (nSPS) is 11.9. The number of aryl methyl sites for hydroxylation is 4. The van der Waals surface area contributed by atoms with Crippen LogP contribution in [-0.2, 0) is 13.0 Å². The lowest BCUT2D eigenvalue weighted by molar-refractivity contribution is 0.645. The first-order valence-corrected chi connectivity index (χ1v) is 10.1. The number of hydrogen-bond donors (Lipinski definition) is 3. The van der Waals surface area contributed by atoms with Crippen molar-refractivity contribution in [1.82, 2.24) is 30.4 Å². The fraction of sp³-hybridized carbons (Fsp3) is 0.476. The summed E-state index contributed by atoms with van der Waals surface area (Å²) in [4.78, 5) is 9.35. The molecule has 7 nitrogen and oxygen atoms in total. The fourth-order valence-electron chi connectivity index (χ4n) is 3.35. The standard InChI is InChI=1S/C21H31N7/c1-4-22-21(23-12-7-9-18-15-25-27-16(18)2)24-13-8-14-28-17(3)26-19-10-5-6-11-20(19)28/h5-6,10-11,15H,4,7-9,12-14H2,1-3H3,(H,25,27)(H2,22,23,24). The number of nitrogens with zero attached hydrogens (tertiary/aromatic N) is 4. The van der Waals surface area contributed by atoms with E-state index in [0.717, 1.165) is 68.4 Å². The minimum absolute atomic E-state index is 0.780. The molecule has 2 heterocycles. The molecule has 0 unspecified atom stereocenters. The van der Waals surface area contributed by atoms with Gasteiger partial charge in [0.05, 0.1) is 17.2 Å². The van der Waals surface area contributed by atoms with E-state index in [-0.39, 0.29) is 0 Å². The van der Waals surface area contributed by atoms with Gasteiger partial charge in [0.1, 0.15) is 5.82 Å². The van der Waals surface area contributed by atoms with Gasteiger partial charge in [0, 0.05) is 31.9 Å². The molecular formula is C21H31N7. The Bertz CT molecular complexity index is 907. The highest BCUT2D eigenvalue weighted by Gasteiger charge is 2.06. The van der Waals surface area contributed by atoms with Crippen LogP contribution in [0.5, 0.6) is 0 Å². The van der Waals surface area contributed by atoms with Crippen LogP contribution in [0.1, 0.15) is 36.8 Å². The second-order valence-electron chi connectivity index (χ2n) is 6.96. The Balaban J connectivity index is 1.46. The van der Waals surface area contributed by atoms with E-state index in [1.807, 2.05) is 12.3 Å². The molecule has 3 rings (SSSR count). The van der Waals surface area contributed by atoms with Gasteiger partial charge in [0.15, 0.2) is 5.96 Å². The summed E-state index contributed by atoms with van der Waals surface area (Å²) in [6, 6.07) is 8.29. The summed E-state index contributed by atoms with van der Waals surface area (Å²) < 4.78 is 2.28. The van der Waals surface area contributed by atoms with Crippen molar-refractivity contribution in [3.05, 3.63) is 47.5 Å². The predicted octanol–water partition coefficient (Wildman–Crippen LogP) is 2.95. The van der Waals surface area contributed by atoms with Gasteiger partial charge in [0.2, 0.25) is 0 Å². The molecule has 7 heteroatoms. The molecule has 0 spiro atoms. The summed E-state index contributed by atoms with van der Waals surface area (Å²) >= 11 is 0. The molecule has 1 aromatic carbocycles. The van der Waals surface area contributed by atoms with E-state index in [2.05, 4.69) is 69.4 Å². The molecule has 2 aromatic heterocycles. The number of guanidine groups is 1. The molecule has 0 aliphatic carbocycles. The molecule has 0 aliphatic heterocycles. The molecule has 0 atom stereocenters. The number of benzene rings is 1. The molecule has 0 saturated heterocycles. The van der Waals surface area contributed by atoms with Crippen LogP contribution in [0.4, 0.5) is 0 Å². The SMILES string of the molecule is CCNC(=NCCCn1c(C)nc2ccccc21)NCCCc1cn[nH]c1C. The van der Waals surface area contributed by atoms with Gasteiger partial charge >= 0.3 is 0 Å². The molecular weight excluding hydrogens is 350 g/mol. The molecule has 0 fully saturated rings. The lowest BCUT2D eigenvalue weighted by atomic mass is 10.1. The van der Waals surface area contributed by atoms with Crippen LogP contribution in [-0.4, -0.2) is 45.3 Å². The van der Waals surface area contributed by atoms with Crippen molar-refractivity contribution in [2.75, 3.05) is 19.6 Å². The summed E-state index contributed by atoms with van der Waals surface area (Å²) in [6.45, 7) is 9.67. The van der Waals surface area contributed by atoms with Crippen LogP contribution < -0.4 is 10.6 Å². The highest BCUT2D eigenvalue weighted by molar-refractivity contribution is 5.79. The summed E-state index contributed by atoms with van der Waals surface area (Å²) in [5.74, 6) is 1.95. The first kappa shape index (κ1) is 19.9. The third kappa shape index (κ3) is 5.12. The zero-order valence-electron chi connectivity index (χ0n) is 17.1. The van der Waals surface area contributed by atoms with E-state index in [1.54, 1.807) is 0 Å². The maximum atomic E-state index is 4.72. The van der Waals surface area contributed by atoms with Crippen molar-refractivity contribution in [2.24, 2.45) is 4.99 Å². The van der Waals surface area contributed by atoms with Crippen molar-refractivity contribution < 1.29 is 0 Å². The smallest absolute Gasteiger partial charge is 0.191 e. The van der Waals surface area contributed by atoms with E-state index in [9.17, 15) is 0 Å². The fourth-order valence-corrected chi connectivity index (χ4v) is 3.35. The highest BCUT2D eigenvalue weighted by atomic mass is 15.2. The second-order valence-corrected chi connectivity index (χ2v) is 6.96. The van der Waals surface area contributed by atoms with Crippen LogP contribution in [0, 0.1) is 13.8 Å². The van der Waals surface area contributed by atoms with Crippen molar-refractivity contribution in [3.8, 4) is 0 Å². The minimum Gasteiger partial charge on any atom is -0.357 e. The predicted molar refractivity (Wildman–Crippen MR) is 115 cm³/mol. The second kappa shape index (κ2) is 9.92. The number of para-hydroxylation sites is 2. The number of aromatic amines is 1. The van der Waals surface area contributed by atoms with E-state index in [0.29, 0.717) is 0 Å². The first-order chi connectivity index (χ1) is 13.7. The molecule has 3 N–H and O–H groups in total. The molecule has 0 bridgehead atoms. The molecule has 0 saturated carbocycles. The van der Waals surface area contributed by atoms with Gasteiger partial charge in [-0.3, -0.25) is 10.1 Å². The molecule has 0 aliphatic rings. The van der Waals surface area contributed by atoms with E-state index in [1.165, 1.54) is 11.1 Å². The number of H-pyrrole nitrogens is 1. The monoisotopic (exact) mass is 381 g/mol. The van der Waals surface area contributed by atoms with Crippen LogP contribution >= 0.6 is 0 Å². The Hall–Kier alpha value is -2.83. The molecule has 0 radical (unpaired) electrons. The number of nitrogens with one attached hydrogen (secondary N) is 3. The quantitative estimate of drug-likeness (QED) is 0.302. The molecule has 28 heavy (non-hydrogen) atoms. The summed E-state index contributed by atoms with van der Waals surface area (Å²) in [7, 11) is 0. The van der Waals surface area contributed by atoms with Crippen LogP contribution in [0.2, 0.25) is 0 Å². The maximum absolute atomic E-state index is 4.72. The van der Waals surface area contributed by atoms with Gasteiger partial charge < -0.3 is 15.2 Å². The van der Waals surface area contributed by atoms with Gasteiger partial charge in [-0.1, -0.05) is 12.1 Å². The Morgan fingerprint density at radius 2 is 2.04 bits per heavy atom. The maximum Gasteiger partial charge on any atom is 0.191 e. The van der Waals surface area contributed by atoms with Crippen molar-refractivity contribution in [1.29, 1.82) is 0 Å². The Morgan fingerprint density at radius 1 is 1.18 bits per heavy atom. The van der Waals surface area contributed by atoms with E-state index >= 15 is 0 Å². The zero-order chi connectivity index (χ0) is 19.8. The van der Waals surface area contributed by atoms with Crippen molar-refractivity contribution in [3.63, 3.8) is 0 Å². The summed E-state index contributed by atoms with van der Waals surface area (Å²) in [5.41, 5.74) is 4.70. The van der Waals surface area contributed by atoms with Crippen LogP contribution in [0.15, 0.2) is 35.5 Å². The largest absolute Gasteiger partial charge is 0.357 e. The van der Waals surface area contributed by atoms with Gasteiger partial charge in [0.25, 0.3) is 0 Å². The Labute approximate surface area is 166 Å². The molecule has 150 valence electrons. The summed E-state index contributed by atoms with van der Waals surface area (Å²) in [5, 5.41) is 13.8. The number of rotatable bonds is 9. The van der Waals surface area contributed by atoms with Crippen molar-refractivity contribution in [2.45, 2.75) is 46.6 Å². The summed E-state index contributed by atoms with van der Waals surface area (Å²) in [6.07, 6.45) is 4.95. The topological polar surface area (TPSA) is 82.9 Å².